The van der Waals surface area contributed by atoms with Crippen LogP contribution >= 0.6 is 0 Å². The molecule has 1 heterocycles. The van der Waals surface area contributed by atoms with Crippen LogP contribution in [0.4, 0.5) is 0 Å². The molecule has 0 aromatic carbocycles. The highest BCUT2D eigenvalue weighted by Crippen LogP contribution is 2.25. The number of hydrogen-bond donors (Lipinski definition) is 1. The van der Waals surface area contributed by atoms with E-state index in [1.54, 1.807) is 0 Å². The molecule has 0 aliphatic heterocycles. The minimum absolute atomic E-state index is 0.216. The standard InChI is InChI=1S/C17H29N3O/c1-4-6-16(18-10-5-2)14-9-11-20(12-14)13-17(21)19(3)15-7-8-15/h9,11-12,15-16,18H,4-8,10,13H2,1-3H3. The first kappa shape index (κ1) is 16.1. The van der Waals surface area contributed by atoms with E-state index in [4.69, 9.17) is 0 Å². The molecule has 1 saturated carbocycles. The summed E-state index contributed by atoms with van der Waals surface area (Å²) >= 11 is 0. The van der Waals surface area contributed by atoms with E-state index >= 15 is 0 Å². The molecule has 118 valence electrons. The highest BCUT2D eigenvalue weighted by Gasteiger charge is 2.29. The quantitative estimate of drug-likeness (QED) is 0.759. The van der Waals surface area contributed by atoms with Gasteiger partial charge in [0, 0.05) is 31.5 Å². The molecule has 1 fully saturated rings. The number of carbonyl (C=O) groups excluding carboxylic acids is 1. The van der Waals surface area contributed by atoms with Crippen molar-refractivity contribution in [2.45, 2.75) is 64.6 Å². The molecule has 4 nitrogen and oxygen atoms in total. The summed E-state index contributed by atoms with van der Waals surface area (Å²) in [5.74, 6) is 0.216. The number of nitrogens with one attached hydrogen (secondary N) is 1. The van der Waals surface area contributed by atoms with Crippen molar-refractivity contribution < 1.29 is 4.79 Å². The summed E-state index contributed by atoms with van der Waals surface area (Å²) in [6.45, 7) is 5.90. The molecular formula is C17H29N3O. The molecule has 1 amide bonds. The normalized spacial score (nSPS) is 16.0. The van der Waals surface area contributed by atoms with Gasteiger partial charge in [0.05, 0.1) is 0 Å². The van der Waals surface area contributed by atoms with Crippen LogP contribution in [0.3, 0.4) is 0 Å². The van der Waals surface area contributed by atoms with Gasteiger partial charge in [-0.1, -0.05) is 20.3 Å². The van der Waals surface area contributed by atoms with Crippen molar-refractivity contribution >= 4 is 5.91 Å². The Kier molecular flexibility index (Phi) is 5.85. The summed E-state index contributed by atoms with van der Waals surface area (Å²) < 4.78 is 2.02. The molecule has 0 saturated heterocycles. The molecule has 1 aromatic rings. The monoisotopic (exact) mass is 291 g/mol. The third-order valence-corrected chi connectivity index (χ3v) is 4.20. The number of carbonyl (C=O) groups is 1. The Morgan fingerprint density at radius 3 is 2.81 bits per heavy atom. The van der Waals surface area contributed by atoms with Crippen molar-refractivity contribution in [2.75, 3.05) is 13.6 Å². The van der Waals surface area contributed by atoms with Gasteiger partial charge in [-0.3, -0.25) is 4.79 Å². The SMILES string of the molecule is CCCNC(CCC)c1ccn(CC(=O)N(C)C2CC2)c1. The third kappa shape index (κ3) is 4.60. The Hall–Kier alpha value is -1.29. The molecule has 1 aliphatic carbocycles. The summed E-state index contributed by atoms with van der Waals surface area (Å²) in [6, 6.07) is 3.05. The first-order valence-corrected chi connectivity index (χ1v) is 8.30. The molecule has 1 aromatic heterocycles. The molecule has 0 bridgehead atoms. The van der Waals surface area contributed by atoms with Crippen LogP contribution in [-0.2, 0) is 11.3 Å². The van der Waals surface area contributed by atoms with Crippen molar-refractivity contribution in [2.24, 2.45) is 0 Å². The largest absolute Gasteiger partial charge is 0.345 e. The molecular weight excluding hydrogens is 262 g/mol. The van der Waals surface area contributed by atoms with Gasteiger partial charge in [0.25, 0.3) is 0 Å². The minimum atomic E-state index is 0.216. The van der Waals surface area contributed by atoms with E-state index < -0.39 is 0 Å². The van der Waals surface area contributed by atoms with Crippen molar-refractivity contribution in [1.82, 2.24) is 14.8 Å². The number of amides is 1. The van der Waals surface area contributed by atoms with Crippen LogP contribution in [0.1, 0.15) is 57.6 Å². The van der Waals surface area contributed by atoms with Gasteiger partial charge in [0.1, 0.15) is 6.54 Å². The highest BCUT2D eigenvalue weighted by atomic mass is 16.2. The van der Waals surface area contributed by atoms with Gasteiger partial charge in [0.15, 0.2) is 0 Å². The van der Waals surface area contributed by atoms with Crippen molar-refractivity contribution in [3.8, 4) is 0 Å². The zero-order valence-corrected chi connectivity index (χ0v) is 13.6. The van der Waals surface area contributed by atoms with E-state index in [1.165, 1.54) is 18.4 Å². The third-order valence-electron chi connectivity index (χ3n) is 4.20. The number of nitrogens with zero attached hydrogens (tertiary/aromatic N) is 2. The molecule has 1 N–H and O–H groups in total. The molecule has 1 unspecified atom stereocenters. The minimum Gasteiger partial charge on any atom is -0.345 e. The fraction of sp³-hybridized carbons (Fsp3) is 0.706. The van der Waals surface area contributed by atoms with Gasteiger partial charge in [0.2, 0.25) is 5.91 Å². The van der Waals surface area contributed by atoms with Gasteiger partial charge in [-0.25, -0.2) is 0 Å². The summed E-state index contributed by atoms with van der Waals surface area (Å²) in [6.07, 6.45) is 9.94. The Morgan fingerprint density at radius 2 is 2.19 bits per heavy atom. The highest BCUT2D eigenvalue weighted by molar-refractivity contribution is 5.76. The first-order chi connectivity index (χ1) is 10.2. The second-order valence-electron chi connectivity index (χ2n) is 6.15. The molecule has 4 heteroatoms. The van der Waals surface area contributed by atoms with E-state index in [2.05, 4.69) is 31.4 Å². The molecule has 0 spiro atoms. The van der Waals surface area contributed by atoms with Crippen LogP contribution in [0.2, 0.25) is 0 Å². The Morgan fingerprint density at radius 1 is 1.43 bits per heavy atom. The van der Waals surface area contributed by atoms with Gasteiger partial charge >= 0.3 is 0 Å². The van der Waals surface area contributed by atoms with Gasteiger partial charge in [-0.2, -0.15) is 0 Å². The summed E-state index contributed by atoms with van der Waals surface area (Å²) in [4.78, 5) is 14.1. The number of aromatic nitrogens is 1. The van der Waals surface area contributed by atoms with Crippen molar-refractivity contribution in [1.29, 1.82) is 0 Å². The molecule has 1 aliphatic rings. The predicted molar refractivity (Wildman–Crippen MR) is 86.2 cm³/mol. The Bertz CT molecular complexity index is 451. The second-order valence-corrected chi connectivity index (χ2v) is 6.15. The smallest absolute Gasteiger partial charge is 0.242 e. The maximum absolute atomic E-state index is 12.2. The summed E-state index contributed by atoms with van der Waals surface area (Å²) in [5.41, 5.74) is 1.30. The van der Waals surface area contributed by atoms with Crippen LogP contribution in [0.25, 0.3) is 0 Å². The lowest BCUT2D eigenvalue weighted by Gasteiger charge is -2.17. The molecule has 2 rings (SSSR count). The topological polar surface area (TPSA) is 37.3 Å². The van der Waals surface area contributed by atoms with E-state index in [1.807, 2.05) is 22.7 Å². The first-order valence-electron chi connectivity index (χ1n) is 8.30. The van der Waals surface area contributed by atoms with Crippen LogP contribution in [-0.4, -0.2) is 35.0 Å². The molecule has 1 atom stereocenters. The van der Waals surface area contributed by atoms with Gasteiger partial charge in [-0.05, 0) is 43.9 Å². The lowest BCUT2D eigenvalue weighted by Crippen LogP contribution is -2.31. The molecule has 0 radical (unpaired) electrons. The van der Waals surface area contributed by atoms with E-state index in [0.717, 1.165) is 25.8 Å². The van der Waals surface area contributed by atoms with Crippen LogP contribution < -0.4 is 5.32 Å². The number of hydrogen-bond acceptors (Lipinski definition) is 2. The second kappa shape index (κ2) is 7.64. The zero-order valence-electron chi connectivity index (χ0n) is 13.6. The predicted octanol–water partition coefficient (Wildman–Crippen LogP) is 2.95. The summed E-state index contributed by atoms with van der Waals surface area (Å²) in [5, 5.41) is 3.60. The fourth-order valence-electron chi connectivity index (χ4n) is 2.69. The average molecular weight is 291 g/mol. The van der Waals surface area contributed by atoms with Crippen LogP contribution in [0, 0.1) is 0 Å². The lowest BCUT2D eigenvalue weighted by molar-refractivity contribution is -0.131. The van der Waals surface area contributed by atoms with Gasteiger partial charge in [-0.15, -0.1) is 0 Å². The summed E-state index contributed by atoms with van der Waals surface area (Å²) in [7, 11) is 1.92. The zero-order chi connectivity index (χ0) is 15.2. The maximum Gasteiger partial charge on any atom is 0.242 e. The van der Waals surface area contributed by atoms with E-state index in [0.29, 0.717) is 18.6 Å². The van der Waals surface area contributed by atoms with Crippen LogP contribution in [0.15, 0.2) is 18.5 Å². The van der Waals surface area contributed by atoms with E-state index in [9.17, 15) is 4.79 Å². The fourth-order valence-corrected chi connectivity index (χ4v) is 2.69. The number of likely N-dealkylation sites (N-methyl/N-ethyl adjacent to an activating group) is 1. The average Bonchev–Trinajstić information content (AvgIpc) is 3.23. The molecule has 21 heavy (non-hydrogen) atoms. The Balaban J connectivity index is 1.93. The lowest BCUT2D eigenvalue weighted by atomic mass is 10.1. The van der Waals surface area contributed by atoms with E-state index in [-0.39, 0.29) is 5.91 Å². The Labute approximate surface area is 128 Å². The van der Waals surface area contributed by atoms with Crippen LogP contribution in [0.5, 0.6) is 0 Å². The van der Waals surface area contributed by atoms with Gasteiger partial charge < -0.3 is 14.8 Å². The maximum atomic E-state index is 12.2. The van der Waals surface area contributed by atoms with Crippen molar-refractivity contribution in [3.05, 3.63) is 24.0 Å². The van der Waals surface area contributed by atoms with Crippen molar-refractivity contribution in [3.63, 3.8) is 0 Å². The number of rotatable bonds is 9.